The molecule has 2 bridgehead atoms. The predicted molar refractivity (Wildman–Crippen MR) is 114 cm³/mol. The maximum atomic E-state index is 13.1. The van der Waals surface area contributed by atoms with Gasteiger partial charge in [0.1, 0.15) is 0 Å². The molecule has 0 radical (unpaired) electrons. The largest absolute Gasteiger partial charge is 0.296 e. The summed E-state index contributed by atoms with van der Waals surface area (Å²) in [5, 5.41) is 2.62. The van der Waals surface area contributed by atoms with Crippen LogP contribution >= 0.6 is 0 Å². The molecule has 1 heterocycles. The summed E-state index contributed by atoms with van der Waals surface area (Å²) >= 11 is 0. The van der Waals surface area contributed by atoms with Gasteiger partial charge in [-0.2, -0.15) is 0 Å². The lowest BCUT2D eigenvalue weighted by molar-refractivity contribution is -0.126. The zero-order chi connectivity index (χ0) is 20.3. The summed E-state index contributed by atoms with van der Waals surface area (Å²) in [4.78, 5) is 30.8. The highest BCUT2D eigenvalue weighted by atomic mass is 16.2. The quantitative estimate of drug-likeness (QED) is 0.547. The molecule has 2 atom stereocenters. The zero-order valence-electron chi connectivity index (χ0n) is 16.3. The van der Waals surface area contributed by atoms with Crippen molar-refractivity contribution >= 4 is 18.0 Å². The first-order valence-electron chi connectivity index (χ1n) is 10.3. The average Bonchev–Trinajstić information content (AvgIpc) is 3.10. The molecule has 0 spiro atoms. The molecule has 2 amide bonds. The van der Waals surface area contributed by atoms with E-state index in [2.05, 4.69) is 29.6 Å². The number of imide groups is 1. The number of aliphatic imine (C=N–C) groups is 1. The van der Waals surface area contributed by atoms with Crippen LogP contribution in [0.2, 0.25) is 0 Å². The summed E-state index contributed by atoms with van der Waals surface area (Å²) in [5.74, 6) is -1.33. The minimum Gasteiger partial charge on any atom is -0.296 e. The Morgan fingerprint density at radius 2 is 1.40 bits per heavy atom. The molecule has 3 aliphatic carbocycles. The number of nitrogens with one attached hydrogen (secondary N) is 1. The third-order valence-electron chi connectivity index (χ3n) is 6.94. The van der Waals surface area contributed by atoms with E-state index in [-0.39, 0.29) is 17.7 Å². The number of amides is 2. The Bertz CT molecular complexity index is 1170. The van der Waals surface area contributed by atoms with Crippen LogP contribution in [0.4, 0.5) is 0 Å². The average molecular weight is 392 g/mol. The first kappa shape index (κ1) is 17.3. The van der Waals surface area contributed by atoms with Crippen molar-refractivity contribution in [1.29, 1.82) is 0 Å². The van der Waals surface area contributed by atoms with E-state index in [1.54, 1.807) is 0 Å². The maximum absolute atomic E-state index is 13.1. The van der Waals surface area contributed by atoms with Gasteiger partial charge in [0.15, 0.2) is 0 Å². The lowest BCUT2D eigenvalue weighted by atomic mass is 9.47. The predicted octanol–water partition coefficient (Wildman–Crippen LogP) is 3.59. The monoisotopic (exact) mass is 392 g/mol. The smallest absolute Gasteiger partial charge is 0.232 e. The van der Waals surface area contributed by atoms with Crippen LogP contribution in [0.25, 0.3) is 0 Å². The van der Waals surface area contributed by atoms with Crippen molar-refractivity contribution < 1.29 is 9.59 Å². The number of carbonyl (C=O) groups is 2. The SMILES string of the molecule is O=C1NC(=O)C2C1C1c3ccccc3C2(C=NCc2ccccc2)c2ccccc21. The van der Waals surface area contributed by atoms with Gasteiger partial charge in [-0.3, -0.25) is 19.9 Å². The van der Waals surface area contributed by atoms with Gasteiger partial charge in [-0.1, -0.05) is 78.9 Å². The van der Waals surface area contributed by atoms with Gasteiger partial charge in [0, 0.05) is 12.1 Å². The summed E-state index contributed by atoms with van der Waals surface area (Å²) in [6.07, 6.45) is 1.95. The molecule has 1 saturated heterocycles. The summed E-state index contributed by atoms with van der Waals surface area (Å²) in [5.41, 5.74) is 4.83. The van der Waals surface area contributed by atoms with E-state index in [0.29, 0.717) is 6.54 Å². The van der Waals surface area contributed by atoms with Crippen molar-refractivity contribution in [1.82, 2.24) is 5.32 Å². The van der Waals surface area contributed by atoms with Crippen LogP contribution in [0.3, 0.4) is 0 Å². The minimum atomic E-state index is -0.738. The van der Waals surface area contributed by atoms with Crippen molar-refractivity contribution in [3.63, 3.8) is 0 Å². The Morgan fingerprint density at radius 1 is 0.800 bits per heavy atom. The van der Waals surface area contributed by atoms with E-state index in [4.69, 9.17) is 4.99 Å². The molecule has 3 aromatic rings. The molecule has 4 aliphatic rings. The fourth-order valence-electron chi connectivity index (χ4n) is 5.85. The van der Waals surface area contributed by atoms with Crippen LogP contribution < -0.4 is 5.32 Å². The van der Waals surface area contributed by atoms with Crippen molar-refractivity contribution in [3.05, 3.63) is 107 Å². The van der Waals surface area contributed by atoms with Gasteiger partial charge in [0.25, 0.3) is 0 Å². The highest BCUT2D eigenvalue weighted by Crippen LogP contribution is 2.62. The van der Waals surface area contributed by atoms with Gasteiger partial charge >= 0.3 is 0 Å². The minimum absolute atomic E-state index is 0.0988. The lowest BCUT2D eigenvalue weighted by Crippen LogP contribution is -2.54. The molecular weight excluding hydrogens is 372 g/mol. The second-order valence-electron chi connectivity index (χ2n) is 8.33. The molecule has 1 fully saturated rings. The number of carbonyl (C=O) groups excluding carboxylic acids is 2. The molecule has 30 heavy (non-hydrogen) atoms. The van der Waals surface area contributed by atoms with Crippen molar-refractivity contribution in [2.75, 3.05) is 0 Å². The summed E-state index contributed by atoms with van der Waals surface area (Å²) < 4.78 is 0. The second-order valence-corrected chi connectivity index (χ2v) is 8.33. The lowest BCUT2D eigenvalue weighted by Gasteiger charge is -2.52. The molecule has 4 heteroatoms. The summed E-state index contributed by atoms with van der Waals surface area (Å²) in [6, 6.07) is 26.5. The number of rotatable bonds is 3. The number of benzene rings is 3. The molecule has 1 N–H and O–H groups in total. The third-order valence-corrected chi connectivity index (χ3v) is 6.94. The number of hydrogen-bond donors (Lipinski definition) is 1. The van der Waals surface area contributed by atoms with E-state index in [1.165, 1.54) is 0 Å². The molecule has 7 rings (SSSR count). The topological polar surface area (TPSA) is 58.5 Å². The van der Waals surface area contributed by atoms with Crippen LogP contribution in [-0.2, 0) is 21.5 Å². The summed E-state index contributed by atoms with van der Waals surface area (Å²) in [6.45, 7) is 0.531. The van der Waals surface area contributed by atoms with Gasteiger partial charge in [0.05, 0.1) is 23.8 Å². The van der Waals surface area contributed by atoms with Gasteiger partial charge < -0.3 is 0 Å². The molecule has 1 aliphatic heterocycles. The van der Waals surface area contributed by atoms with Crippen molar-refractivity contribution in [2.24, 2.45) is 16.8 Å². The Labute approximate surface area is 174 Å². The molecule has 4 nitrogen and oxygen atoms in total. The van der Waals surface area contributed by atoms with E-state index in [1.807, 2.05) is 60.8 Å². The van der Waals surface area contributed by atoms with E-state index < -0.39 is 17.3 Å². The Balaban J connectivity index is 1.60. The fraction of sp³-hybridized carbons (Fsp3) is 0.192. The van der Waals surface area contributed by atoms with Crippen LogP contribution in [0, 0.1) is 11.8 Å². The number of nitrogens with zero attached hydrogens (tertiary/aromatic N) is 1. The van der Waals surface area contributed by atoms with Gasteiger partial charge in [0.2, 0.25) is 11.8 Å². The van der Waals surface area contributed by atoms with Crippen LogP contribution in [-0.4, -0.2) is 18.0 Å². The van der Waals surface area contributed by atoms with Crippen molar-refractivity contribution in [2.45, 2.75) is 17.9 Å². The third kappa shape index (κ3) is 2.13. The Hall–Kier alpha value is -3.53. The van der Waals surface area contributed by atoms with Crippen molar-refractivity contribution in [3.8, 4) is 0 Å². The normalized spacial score (nSPS) is 28.2. The molecule has 2 unspecified atom stereocenters. The highest BCUT2D eigenvalue weighted by Gasteiger charge is 2.65. The van der Waals surface area contributed by atoms with E-state index in [9.17, 15) is 9.59 Å². The second kappa shape index (κ2) is 6.23. The first-order chi connectivity index (χ1) is 14.7. The maximum Gasteiger partial charge on any atom is 0.232 e. The van der Waals surface area contributed by atoms with E-state index >= 15 is 0 Å². The zero-order valence-corrected chi connectivity index (χ0v) is 16.3. The number of hydrogen-bond acceptors (Lipinski definition) is 3. The first-order valence-corrected chi connectivity index (χ1v) is 10.3. The molecule has 0 aromatic heterocycles. The van der Waals surface area contributed by atoms with Crippen LogP contribution in [0.5, 0.6) is 0 Å². The Kier molecular flexibility index (Phi) is 3.60. The van der Waals surface area contributed by atoms with Gasteiger partial charge in [-0.15, -0.1) is 0 Å². The van der Waals surface area contributed by atoms with Gasteiger partial charge in [-0.25, -0.2) is 0 Å². The molecule has 0 saturated carbocycles. The highest BCUT2D eigenvalue weighted by molar-refractivity contribution is 6.11. The molecular formula is C26H20N2O2. The molecule has 3 aromatic carbocycles. The van der Waals surface area contributed by atoms with Gasteiger partial charge in [-0.05, 0) is 27.8 Å². The van der Waals surface area contributed by atoms with Crippen LogP contribution in [0.1, 0.15) is 33.7 Å². The molecule has 146 valence electrons. The van der Waals surface area contributed by atoms with Crippen LogP contribution in [0.15, 0.2) is 83.9 Å². The Morgan fingerprint density at radius 3 is 2.07 bits per heavy atom. The van der Waals surface area contributed by atoms with E-state index in [0.717, 1.165) is 27.8 Å². The standard InChI is InChI=1S/C26H20N2O2/c29-24-22-21-17-10-4-6-12-19(17)26(23(22)25(30)28-24,20-13-7-5-11-18(20)21)15-27-14-16-8-2-1-3-9-16/h1-13,15,21-23H,14H2,(H,28,29,30). The summed E-state index contributed by atoms with van der Waals surface area (Å²) in [7, 11) is 0. The fourth-order valence-corrected chi connectivity index (χ4v) is 5.85.